The monoisotopic (exact) mass is 444 g/mol. The molecule has 1 saturated carbocycles. The van der Waals surface area contributed by atoms with Crippen LogP contribution in [0.4, 0.5) is 10.5 Å². The number of carbonyl (C=O) groups is 2. The largest absolute Gasteiger partial charge is 0.398 e. The van der Waals surface area contributed by atoms with E-state index in [2.05, 4.69) is 10.0 Å². The molecule has 6 N–H and O–H groups in total. The van der Waals surface area contributed by atoms with Crippen LogP contribution in [0.15, 0.2) is 53.4 Å². The number of carbonyl (C=O) groups excluding carboxylic acids is 2. The average Bonchev–Trinajstić information content (AvgIpc) is 2.75. The molecule has 0 aliphatic heterocycles. The molecule has 9 heteroatoms. The first kappa shape index (κ1) is 22.8. The van der Waals surface area contributed by atoms with Crippen LogP contribution in [0.3, 0.4) is 0 Å². The van der Waals surface area contributed by atoms with Gasteiger partial charge in [0.1, 0.15) is 0 Å². The van der Waals surface area contributed by atoms with E-state index in [0.29, 0.717) is 16.8 Å². The van der Waals surface area contributed by atoms with Crippen LogP contribution in [0.5, 0.6) is 0 Å². The van der Waals surface area contributed by atoms with Gasteiger partial charge >= 0.3 is 6.03 Å². The van der Waals surface area contributed by atoms with E-state index in [1.807, 2.05) is 0 Å². The minimum Gasteiger partial charge on any atom is -0.398 e. The number of ketones is 1. The Balaban J connectivity index is 1.71. The van der Waals surface area contributed by atoms with Crippen LogP contribution in [0.1, 0.15) is 53.9 Å². The molecule has 1 fully saturated rings. The number of hydrogen-bond donors (Lipinski definition) is 4. The lowest BCUT2D eigenvalue weighted by molar-refractivity contribution is 0.0963. The topological polar surface area (TPSA) is 144 Å². The Morgan fingerprint density at radius 3 is 2.26 bits per heavy atom. The van der Waals surface area contributed by atoms with Crippen LogP contribution in [-0.2, 0) is 10.0 Å². The molecule has 0 spiro atoms. The summed E-state index contributed by atoms with van der Waals surface area (Å²) in [7, 11) is -4.04. The van der Waals surface area contributed by atoms with Crippen LogP contribution in [0.2, 0.25) is 0 Å². The molecule has 2 aromatic rings. The van der Waals surface area contributed by atoms with E-state index < -0.39 is 22.0 Å². The predicted octanol–water partition coefficient (Wildman–Crippen LogP) is 2.51. The zero-order valence-corrected chi connectivity index (χ0v) is 18.0. The van der Waals surface area contributed by atoms with Crippen molar-refractivity contribution in [3.05, 3.63) is 59.7 Å². The van der Waals surface area contributed by atoms with Gasteiger partial charge in [-0.3, -0.25) is 4.79 Å². The van der Waals surface area contributed by atoms with Gasteiger partial charge in [0, 0.05) is 23.8 Å². The van der Waals surface area contributed by atoms with Crippen molar-refractivity contribution in [3.63, 3.8) is 0 Å². The molecular weight excluding hydrogens is 416 g/mol. The molecule has 31 heavy (non-hydrogen) atoms. The lowest BCUT2D eigenvalue weighted by Gasteiger charge is -2.22. The molecule has 1 unspecified atom stereocenters. The summed E-state index contributed by atoms with van der Waals surface area (Å²) >= 11 is 0. The summed E-state index contributed by atoms with van der Waals surface area (Å²) in [5.74, 6) is -0.898. The molecule has 166 valence electrons. The second kappa shape index (κ2) is 9.93. The van der Waals surface area contributed by atoms with Gasteiger partial charge in [-0.15, -0.1) is 0 Å². The van der Waals surface area contributed by atoms with Crippen LogP contribution >= 0.6 is 0 Å². The summed E-state index contributed by atoms with van der Waals surface area (Å²) in [5, 5.41) is 2.72. The molecule has 3 rings (SSSR count). The molecule has 2 aromatic carbocycles. The van der Waals surface area contributed by atoms with Crippen LogP contribution in [-0.4, -0.2) is 32.8 Å². The lowest BCUT2D eigenvalue weighted by atomic mass is 9.90. The van der Waals surface area contributed by atoms with Gasteiger partial charge in [0.2, 0.25) is 0 Å². The van der Waals surface area contributed by atoms with Crippen molar-refractivity contribution in [3.8, 4) is 0 Å². The third kappa shape index (κ3) is 5.62. The first-order valence-electron chi connectivity index (χ1n) is 10.3. The summed E-state index contributed by atoms with van der Waals surface area (Å²) in [6.07, 6.45) is 4.88. The second-order valence-corrected chi connectivity index (χ2v) is 9.41. The zero-order chi connectivity index (χ0) is 22.4. The smallest absolute Gasteiger partial charge is 0.328 e. The number of nitrogens with one attached hydrogen (secondary N) is 2. The van der Waals surface area contributed by atoms with Gasteiger partial charge in [0.15, 0.2) is 5.78 Å². The average molecular weight is 445 g/mol. The van der Waals surface area contributed by atoms with Gasteiger partial charge < -0.3 is 16.8 Å². The van der Waals surface area contributed by atoms with Crippen molar-refractivity contribution in [2.24, 2.45) is 5.73 Å². The van der Waals surface area contributed by atoms with Crippen LogP contribution in [0.25, 0.3) is 0 Å². The Hall–Kier alpha value is -2.91. The molecule has 0 bridgehead atoms. The van der Waals surface area contributed by atoms with Crippen molar-refractivity contribution >= 4 is 27.5 Å². The predicted molar refractivity (Wildman–Crippen MR) is 119 cm³/mol. The van der Waals surface area contributed by atoms with Crippen molar-refractivity contribution in [1.29, 1.82) is 0 Å². The number of Topliss-reactive ketones (excluding diaryl/α,β-unsaturated/α-hetero) is 1. The summed E-state index contributed by atoms with van der Waals surface area (Å²) in [6.45, 7) is 0.0430. The van der Waals surface area contributed by atoms with Gasteiger partial charge in [0.05, 0.1) is 10.8 Å². The van der Waals surface area contributed by atoms with E-state index in [9.17, 15) is 18.0 Å². The molecular formula is C22H28N4O4S. The second-order valence-electron chi connectivity index (χ2n) is 7.72. The van der Waals surface area contributed by atoms with Gasteiger partial charge in [-0.05, 0) is 42.7 Å². The maximum Gasteiger partial charge on any atom is 0.328 e. The van der Waals surface area contributed by atoms with E-state index in [0.717, 1.165) is 32.1 Å². The first-order valence-corrected chi connectivity index (χ1v) is 11.8. The minimum absolute atomic E-state index is 0.00641. The minimum atomic E-state index is -4.04. The van der Waals surface area contributed by atoms with Crippen LogP contribution < -0.4 is 21.5 Å². The van der Waals surface area contributed by atoms with E-state index in [-0.39, 0.29) is 23.3 Å². The molecule has 1 atom stereocenters. The number of sulfonamides is 1. The fourth-order valence-corrected chi connectivity index (χ4v) is 4.74. The maximum absolute atomic E-state index is 12.9. The zero-order valence-electron chi connectivity index (χ0n) is 17.2. The highest BCUT2D eigenvalue weighted by atomic mass is 32.2. The summed E-state index contributed by atoms with van der Waals surface area (Å²) in [5.41, 5.74) is 13.0. The molecule has 0 saturated heterocycles. The number of urea groups is 1. The molecule has 0 heterocycles. The number of hydrogen-bond acceptors (Lipinski definition) is 6. The Bertz CT molecular complexity index is 1030. The Kier molecular flexibility index (Phi) is 7.29. The molecule has 1 aliphatic carbocycles. The highest BCUT2D eigenvalue weighted by molar-refractivity contribution is 7.90. The normalized spacial score (nSPS) is 15.8. The molecule has 0 aromatic heterocycles. The number of para-hydroxylation sites is 1. The summed E-state index contributed by atoms with van der Waals surface area (Å²) in [6, 6.07) is 11.8. The fourth-order valence-electron chi connectivity index (χ4n) is 3.83. The van der Waals surface area contributed by atoms with Gasteiger partial charge in [-0.25, -0.2) is 17.9 Å². The highest BCUT2D eigenvalue weighted by Crippen LogP contribution is 2.24. The summed E-state index contributed by atoms with van der Waals surface area (Å²) < 4.78 is 27.2. The number of rotatable bonds is 7. The number of anilines is 1. The Morgan fingerprint density at radius 2 is 1.65 bits per heavy atom. The fraction of sp³-hybridized carbons (Fsp3) is 0.364. The number of nitrogens with two attached hydrogens (primary N) is 2. The Morgan fingerprint density at radius 1 is 1.00 bits per heavy atom. The van der Waals surface area contributed by atoms with E-state index in [1.165, 1.54) is 24.3 Å². The van der Waals surface area contributed by atoms with Crippen molar-refractivity contribution in [2.45, 2.75) is 49.0 Å². The number of nitrogen functional groups attached to an aromatic ring is 1. The van der Waals surface area contributed by atoms with E-state index in [1.54, 1.807) is 24.3 Å². The first-order chi connectivity index (χ1) is 14.8. The highest BCUT2D eigenvalue weighted by Gasteiger charge is 2.24. The summed E-state index contributed by atoms with van der Waals surface area (Å²) in [4.78, 5) is 24.9. The van der Waals surface area contributed by atoms with Gasteiger partial charge in [-0.1, -0.05) is 43.5 Å². The quantitative estimate of drug-likeness (QED) is 0.381. The SMILES string of the molecule is NCC(C(=O)c1ccccc1N)c1ccc(S(=O)(=O)NC(=O)NC2CCCCC2)cc1. The lowest BCUT2D eigenvalue weighted by Crippen LogP contribution is -2.45. The Labute approximate surface area is 182 Å². The van der Waals surface area contributed by atoms with E-state index in [4.69, 9.17) is 11.5 Å². The van der Waals surface area contributed by atoms with Crippen molar-refractivity contribution in [1.82, 2.24) is 10.0 Å². The van der Waals surface area contributed by atoms with Gasteiger partial charge in [-0.2, -0.15) is 0 Å². The third-order valence-corrected chi connectivity index (χ3v) is 6.89. The number of amides is 2. The number of benzene rings is 2. The molecule has 1 aliphatic rings. The van der Waals surface area contributed by atoms with Crippen molar-refractivity contribution < 1.29 is 18.0 Å². The van der Waals surface area contributed by atoms with Gasteiger partial charge in [0.25, 0.3) is 10.0 Å². The maximum atomic E-state index is 12.9. The van der Waals surface area contributed by atoms with Crippen molar-refractivity contribution in [2.75, 3.05) is 12.3 Å². The van der Waals surface area contributed by atoms with E-state index >= 15 is 0 Å². The third-order valence-electron chi connectivity index (χ3n) is 5.54. The molecule has 0 radical (unpaired) electrons. The molecule has 8 nitrogen and oxygen atoms in total. The molecule has 2 amide bonds. The standard InChI is InChI=1S/C22H28N4O4S/c23-14-19(21(27)18-8-4-5-9-20(18)24)15-10-12-17(13-11-15)31(29,30)26-22(28)25-16-6-2-1-3-7-16/h4-5,8-13,16,19H,1-3,6-7,14,23-24H2,(H2,25,26,28). The van der Waals surface area contributed by atoms with Crippen LogP contribution in [0, 0.1) is 0 Å².